The Hall–Kier alpha value is -2.01. The molecule has 2 fully saturated rings. The van der Waals surface area contributed by atoms with E-state index in [2.05, 4.69) is 0 Å². The number of fused-ring (bicyclic) bond motifs is 1. The van der Waals surface area contributed by atoms with Crippen LogP contribution in [0, 0.1) is 0 Å². The van der Waals surface area contributed by atoms with Gasteiger partial charge in [-0.1, -0.05) is 24.3 Å². The van der Waals surface area contributed by atoms with E-state index in [0.717, 1.165) is 35.5 Å². The van der Waals surface area contributed by atoms with Crippen LogP contribution in [0.3, 0.4) is 0 Å². The molecule has 0 amide bonds. The van der Waals surface area contributed by atoms with E-state index in [1.165, 1.54) is 0 Å². The Morgan fingerprint density at radius 2 is 1.08 bits per heavy atom. The number of ether oxygens (including phenoxy) is 2. The predicted octanol–water partition coefficient (Wildman–Crippen LogP) is 3.10. The predicted molar refractivity (Wildman–Crippen MR) is 97.2 cm³/mol. The second kappa shape index (κ2) is 5.49. The maximum absolute atomic E-state index is 12.6. The molecule has 1 saturated heterocycles. The monoisotopic (exact) mass is 358 g/mol. The van der Waals surface area contributed by atoms with Crippen molar-refractivity contribution in [2.75, 3.05) is 25.7 Å². The van der Waals surface area contributed by atoms with Crippen LogP contribution < -0.4 is 9.47 Å². The third-order valence-electron chi connectivity index (χ3n) is 6.11. The fourth-order valence-electron chi connectivity index (χ4n) is 4.78. The maximum atomic E-state index is 12.6. The minimum absolute atomic E-state index is 0.221. The molecule has 2 aromatic carbocycles. The highest BCUT2D eigenvalue weighted by atomic mass is 32.2. The molecule has 132 valence electrons. The van der Waals surface area contributed by atoms with E-state index in [0.29, 0.717) is 0 Å². The highest BCUT2D eigenvalue weighted by Crippen LogP contribution is 2.64. The van der Waals surface area contributed by atoms with Gasteiger partial charge in [0.05, 0.1) is 25.7 Å². The summed E-state index contributed by atoms with van der Waals surface area (Å²) in [4.78, 5) is 0. The molecule has 0 spiro atoms. The van der Waals surface area contributed by atoms with Gasteiger partial charge < -0.3 is 9.47 Å². The Kier molecular flexibility index (Phi) is 3.62. The van der Waals surface area contributed by atoms with Gasteiger partial charge in [0.2, 0.25) is 0 Å². The molecule has 0 radical (unpaired) electrons. The van der Waals surface area contributed by atoms with E-state index >= 15 is 0 Å². The third kappa shape index (κ3) is 2.29. The van der Waals surface area contributed by atoms with Crippen LogP contribution in [-0.4, -0.2) is 34.1 Å². The van der Waals surface area contributed by atoms with Crippen molar-refractivity contribution in [1.82, 2.24) is 0 Å². The molecule has 1 saturated carbocycles. The first kappa shape index (κ1) is 16.5. The summed E-state index contributed by atoms with van der Waals surface area (Å²) in [5.41, 5.74) is 1.51. The normalized spacial score (nSPS) is 29.5. The average molecular weight is 358 g/mol. The summed E-state index contributed by atoms with van der Waals surface area (Å²) in [6.07, 6.45) is 1.79. The molecule has 0 aromatic heterocycles. The lowest BCUT2D eigenvalue weighted by Crippen LogP contribution is -2.57. The highest BCUT2D eigenvalue weighted by Gasteiger charge is 2.67. The van der Waals surface area contributed by atoms with Crippen molar-refractivity contribution in [2.24, 2.45) is 0 Å². The van der Waals surface area contributed by atoms with Crippen LogP contribution in [0.15, 0.2) is 48.5 Å². The molecule has 5 heteroatoms. The minimum atomic E-state index is -3.09. The molecule has 1 heterocycles. The van der Waals surface area contributed by atoms with Gasteiger partial charge in [-0.05, 0) is 48.2 Å². The van der Waals surface area contributed by atoms with Crippen LogP contribution >= 0.6 is 0 Å². The Morgan fingerprint density at radius 1 is 0.720 bits per heavy atom. The molecule has 2 unspecified atom stereocenters. The summed E-state index contributed by atoms with van der Waals surface area (Å²) < 4.78 is 35.8. The van der Waals surface area contributed by atoms with Crippen molar-refractivity contribution in [3.8, 4) is 11.5 Å². The molecule has 2 atom stereocenters. The van der Waals surface area contributed by atoms with Gasteiger partial charge in [-0.3, -0.25) is 0 Å². The minimum Gasteiger partial charge on any atom is -0.497 e. The maximum Gasteiger partial charge on any atom is 0.152 e. The fraction of sp³-hybridized carbons (Fsp3) is 0.400. The van der Waals surface area contributed by atoms with Gasteiger partial charge in [0.15, 0.2) is 9.84 Å². The zero-order chi connectivity index (χ0) is 17.7. The number of methoxy groups -OCH3 is 2. The van der Waals surface area contributed by atoms with Crippen molar-refractivity contribution < 1.29 is 17.9 Å². The van der Waals surface area contributed by atoms with Crippen LogP contribution in [0.4, 0.5) is 0 Å². The number of hydrogen-bond acceptors (Lipinski definition) is 4. The smallest absolute Gasteiger partial charge is 0.152 e. The number of benzene rings is 2. The summed E-state index contributed by atoms with van der Waals surface area (Å²) in [6.45, 7) is 0. The Labute approximate surface area is 148 Å². The molecule has 2 aliphatic rings. The van der Waals surface area contributed by atoms with Gasteiger partial charge >= 0.3 is 0 Å². The van der Waals surface area contributed by atoms with Gasteiger partial charge in [-0.15, -0.1) is 0 Å². The molecule has 2 aromatic rings. The molecule has 4 rings (SSSR count). The van der Waals surface area contributed by atoms with Crippen LogP contribution in [0.25, 0.3) is 0 Å². The summed E-state index contributed by atoms with van der Waals surface area (Å²) in [5.74, 6) is 2.02. The number of rotatable bonds is 4. The van der Waals surface area contributed by atoms with Crippen LogP contribution in [0.5, 0.6) is 11.5 Å². The van der Waals surface area contributed by atoms with Crippen LogP contribution in [-0.2, 0) is 20.7 Å². The number of sulfone groups is 1. The third-order valence-corrected chi connectivity index (χ3v) is 7.98. The molecular formula is C20H22O4S. The second-order valence-corrected chi connectivity index (χ2v) is 9.22. The molecule has 1 aliphatic carbocycles. The molecule has 4 nitrogen and oxygen atoms in total. The summed E-state index contributed by atoms with van der Waals surface area (Å²) in [7, 11) is 0.185. The van der Waals surface area contributed by atoms with Gasteiger partial charge in [-0.2, -0.15) is 0 Å². The number of hydrogen-bond donors (Lipinski definition) is 0. The van der Waals surface area contributed by atoms with Crippen LogP contribution in [0.2, 0.25) is 0 Å². The second-order valence-electron chi connectivity index (χ2n) is 7.15. The van der Waals surface area contributed by atoms with E-state index in [1.807, 2.05) is 48.5 Å². The standard InChI is InChI=1S/C20H22O4S/c1-23-17-7-3-15(4-8-17)19-11-12-20(19,14-25(21,22)13-19)16-5-9-18(24-2)10-6-16/h3-10H,11-14H2,1-2H3. The Bertz CT molecular complexity index is 817. The molecule has 25 heavy (non-hydrogen) atoms. The highest BCUT2D eigenvalue weighted by molar-refractivity contribution is 7.91. The first-order valence-corrected chi connectivity index (χ1v) is 10.3. The van der Waals surface area contributed by atoms with Crippen molar-refractivity contribution in [3.05, 3.63) is 59.7 Å². The van der Waals surface area contributed by atoms with Gasteiger partial charge in [0.1, 0.15) is 11.5 Å². The molecule has 0 bridgehead atoms. The van der Waals surface area contributed by atoms with Crippen molar-refractivity contribution >= 4 is 9.84 Å². The van der Waals surface area contributed by atoms with E-state index in [-0.39, 0.29) is 22.3 Å². The first-order valence-electron chi connectivity index (χ1n) is 8.44. The van der Waals surface area contributed by atoms with E-state index < -0.39 is 9.84 Å². The lowest BCUT2D eigenvalue weighted by atomic mass is 9.46. The van der Waals surface area contributed by atoms with E-state index in [4.69, 9.17) is 9.47 Å². The lowest BCUT2D eigenvalue weighted by Gasteiger charge is -2.55. The van der Waals surface area contributed by atoms with Crippen molar-refractivity contribution in [1.29, 1.82) is 0 Å². The van der Waals surface area contributed by atoms with E-state index in [1.54, 1.807) is 14.2 Å². The fourth-order valence-corrected chi connectivity index (χ4v) is 7.56. The van der Waals surface area contributed by atoms with Gasteiger partial charge in [0, 0.05) is 10.8 Å². The summed E-state index contributed by atoms with van der Waals surface area (Å²) in [5, 5.41) is 0. The Balaban J connectivity index is 1.83. The lowest BCUT2D eigenvalue weighted by molar-refractivity contribution is 0.129. The molecular weight excluding hydrogens is 336 g/mol. The average Bonchev–Trinajstić information content (AvgIpc) is 2.79. The van der Waals surface area contributed by atoms with Crippen molar-refractivity contribution in [3.63, 3.8) is 0 Å². The van der Waals surface area contributed by atoms with Crippen molar-refractivity contribution in [2.45, 2.75) is 23.7 Å². The zero-order valence-corrected chi connectivity index (χ0v) is 15.3. The SMILES string of the molecule is COc1ccc(C23CCC2(c2ccc(OC)cc2)CS(=O)(=O)C3)cc1. The summed E-state index contributed by atoms with van der Waals surface area (Å²) >= 11 is 0. The van der Waals surface area contributed by atoms with Crippen LogP contribution in [0.1, 0.15) is 24.0 Å². The van der Waals surface area contributed by atoms with Gasteiger partial charge in [0.25, 0.3) is 0 Å². The zero-order valence-electron chi connectivity index (χ0n) is 14.5. The topological polar surface area (TPSA) is 52.6 Å². The van der Waals surface area contributed by atoms with Gasteiger partial charge in [-0.25, -0.2) is 8.42 Å². The molecule has 1 aliphatic heterocycles. The molecule has 0 N–H and O–H groups in total. The Morgan fingerprint density at radius 3 is 1.36 bits per heavy atom. The largest absolute Gasteiger partial charge is 0.497 e. The summed E-state index contributed by atoms with van der Waals surface area (Å²) in [6, 6.07) is 15.8. The quantitative estimate of drug-likeness (QED) is 0.843. The van der Waals surface area contributed by atoms with E-state index in [9.17, 15) is 8.42 Å². The first-order chi connectivity index (χ1) is 11.9.